The SMILES string of the molecule is Cc1nn(-c2ccccc2)cc1-c1ccnc(Nc2ccc(F)cc2)n1. The molecule has 0 amide bonds. The van der Waals surface area contributed by atoms with Gasteiger partial charge in [-0.25, -0.2) is 19.0 Å². The maximum atomic E-state index is 13.0. The van der Waals surface area contributed by atoms with Crippen molar-refractivity contribution < 1.29 is 4.39 Å². The minimum absolute atomic E-state index is 0.283. The molecular formula is C20H16FN5. The summed E-state index contributed by atoms with van der Waals surface area (Å²) in [5.74, 6) is 0.162. The van der Waals surface area contributed by atoms with Crippen molar-refractivity contribution >= 4 is 11.6 Å². The molecule has 5 nitrogen and oxygen atoms in total. The van der Waals surface area contributed by atoms with Crippen molar-refractivity contribution in [1.29, 1.82) is 0 Å². The van der Waals surface area contributed by atoms with Crippen LogP contribution in [0.2, 0.25) is 0 Å². The summed E-state index contributed by atoms with van der Waals surface area (Å²) in [6, 6.07) is 17.8. The number of benzene rings is 2. The number of para-hydroxylation sites is 1. The van der Waals surface area contributed by atoms with Crippen LogP contribution in [0.5, 0.6) is 0 Å². The lowest BCUT2D eigenvalue weighted by atomic mass is 10.2. The molecule has 0 spiro atoms. The second-order valence-corrected chi connectivity index (χ2v) is 5.81. The van der Waals surface area contributed by atoms with Crippen molar-refractivity contribution in [3.05, 3.63) is 84.6 Å². The van der Waals surface area contributed by atoms with Gasteiger partial charge in [0.25, 0.3) is 0 Å². The van der Waals surface area contributed by atoms with Crippen LogP contribution in [0.15, 0.2) is 73.1 Å². The molecule has 2 aromatic carbocycles. The monoisotopic (exact) mass is 345 g/mol. The Morgan fingerprint density at radius 3 is 2.50 bits per heavy atom. The van der Waals surface area contributed by atoms with Gasteiger partial charge >= 0.3 is 0 Å². The molecule has 2 heterocycles. The number of rotatable bonds is 4. The van der Waals surface area contributed by atoms with Crippen molar-refractivity contribution in [2.75, 3.05) is 5.32 Å². The molecule has 0 saturated heterocycles. The molecule has 0 aliphatic heterocycles. The Hall–Kier alpha value is -3.54. The largest absolute Gasteiger partial charge is 0.324 e. The Labute approximate surface area is 150 Å². The molecule has 4 rings (SSSR count). The predicted molar refractivity (Wildman–Crippen MR) is 99.0 cm³/mol. The van der Waals surface area contributed by atoms with E-state index in [-0.39, 0.29) is 5.82 Å². The predicted octanol–water partition coefficient (Wildman–Crippen LogP) is 4.52. The van der Waals surface area contributed by atoms with E-state index in [1.165, 1.54) is 12.1 Å². The fourth-order valence-corrected chi connectivity index (χ4v) is 2.66. The number of halogens is 1. The summed E-state index contributed by atoms with van der Waals surface area (Å²) in [7, 11) is 0. The topological polar surface area (TPSA) is 55.6 Å². The van der Waals surface area contributed by atoms with Gasteiger partial charge in [0.05, 0.1) is 17.1 Å². The van der Waals surface area contributed by atoms with Crippen LogP contribution in [-0.2, 0) is 0 Å². The van der Waals surface area contributed by atoms with E-state index in [0.29, 0.717) is 5.95 Å². The van der Waals surface area contributed by atoms with Crippen LogP contribution in [0.4, 0.5) is 16.0 Å². The van der Waals surface area contributed by atoms with Crippen molar-refractivity contribution in [3.63, 3.8) is 0 Å². The third kappa shape index (κ3) is 3.30. The average Bonchev–Trinajstić information content (AvgIpc) is 3.06. The summed E-state index contributed by atoms with van der Waals surface area (Å²) < 4.78 is 14.9. The van der Waals surface area contributed by atoms with Gasteiger partial charge in [-0.3, -0.25) is 0 Å². The Balaban J connectivity index is 1.64. The van der Waals surface area contributed by atoms with Crippen LogP contribution in [0.3, 0.4) is 0 Å². The van der Waals surface area contributed by atoms with Gasteiger partial charge in [0.1, 0.15) is 5.82 Å². The van der Waals surface area contributed by atoms with Crippen LogP contribution in [0.25, 0.3) is 16.9 Å². The fourth-order valence-electron chi connectivity index (χ4n) is 2.66. The maximum Gasteiger partial charge on any atom is 0.227 e. The van der Waals surface area contributed by atoms with Crippen LogP contribution in [0, 0.1) is 12.7 Å². The van der Waals surface area contributed by atoms with E-state index in [0.717, 1.165) is 28.3 Å². The molecule has 26 heavy (non-hydrogen) atoms. The van der Waals surface area contributed by atoms with Gasteiger partial charge < -0.3 is 5.32 Å². The van der Waals surface area contributed by atoms with Gasteiger partial charge in [0, 0.05) is 23.6 Å². The molecule has 6 heteroatoms. The molecule has 2 aromatic heterocycles. The van der Waals surface area contributed by atoms with Crippen LogP contribution >= 0.6 is 0 Å². The number of hydrogen-bond acceptors (Lipinski definition) is 4. The molecule has 0 radical (unpaired) electrons. The number of nitrogens with one attached hydrogen (secondary N) is 1. The highest BCUT2D eigenvalue weighted by Gasteiger charge is 2.11. The molecule has 0 atom stereocenters. The van der Waals surface area contributed by atoms with E-state index in [1.54, 1.807) is 18.3 Å². The molecule has 0 fully saturated rings. The van der Waals surface area contributed by atoms with Crippen LogP contribution < -0.4 is 5.32 Å². The molecule has 0 aliphatic rings. The van der Waals surface area contributed by atoms with E-state index in [1.807, 2.05) is 54.2 Å². The van der Waals surface area contributed by atoms with Gasteiger partial charge in [-0.15, -0.1) is 0 Å². The quantitative estimate of drug-likeness (QED) is 0.591. The molecule has 128 valence electrons. The first-order valence-electron chi connectivity index (χ1n) is 8.17. The van der Waals surface area contributed by atoms with Gasteiger partial charge in [-0.2, -0.15) is 5.10 Å². The number of anilines is 2. The summed E-state index contributed by atoms with van der Waals surface area (Å²) in [4.78, 5) is 8.79. The summed E-state index contributed by atoms with van der Waals surface area (Å²) in [6.45, 7) is 1.95. The summed E-state index contributed by atoms with van der Waals surface area (Å²) in [5.41, 5.74) is 4.28. The van der Waals surface area contributed by atoms with Gasteiger partial charge in [-0.05, 0) is 49.4 Å². The second-order valence-electron chi connectivity index (χ2n) is 5.81. The van der Waals surface area contributed by atoms with Crippen molar-refractivity contribution in [2.24, 2.45) is 0 Å². The normalized spacial score (nSPS) is 10.7. The number of nitrogens with zero attached hydrogens (tertiary/aromatic N) is 4. The molecule has 0 bridgehead atoms. The van der Waals surface area contributed by atoms with E-state index in [2.05, 4.69) is 20.4 Å². The first-order valence-corrected chi connectivity index (χ1v) is 8.17. The number of aromatic nitrogens is 4. The van der Waals surface area contributed by atoms with Gasteiger partial charge in [0.15, 0.2) is 0 Å². The van der Waals surface area contributed by atoms with Crippen LogP contribution in [0.1, 0.15) is 5.69 Å². The highest BCUT2D eigenvalue weighted by atomic mass is 19.1. The third-order valence-electron chi connectivity index (χ3n) is 3.95. The smallest absolute Gasteiger partial charge is 0.227 e. The summed E-state index contributed by atoms with van der Waals surface area (Å²) in [6.07, 6.45) is 3.64. The van der Waals surface area contributed by atoms with Gasteiger partial charge in [-0.1, -0.05) is 18.2 Å². The molecule has 0 unspecified atom stereocenters. The number of hydrogen-bond donors (Lipinski definition) is 1. The van der Waals surface area contributed by atoms with E-state index < -0.39 is 0 Å². The zero-order chi connectivity index (χ0) is 17.9. The van der Waals surface area contributed by atoms with E-state index >= 15 is 0 Å². The zero-order valence-electron chi connectivity index (χ0n) is 14.1. The van der Waals surface area contributed by atoms with Crippen molar-refractivity contribution in [3.8, 4) is 16.9 Å². The molecular weight excluding hydrogens is 329 g/mol. The highest BCUT2D eigenvalue weighted by molar-refractivity contribution is 5.64. The lowest BCUT2D eigenvalue weighted by Crippen LogP contribution is -1.98. The average molecular weight is 345 g/mol. The van der Waals surface area contributed by atoms with E-state index in [9.17, 15) is 4.39 Å². The summed E-state index contributed by atoms with van der Waals surface area (Å²) >= 11 is 0. The second kappa shape index (κ2) is 6.76. The maximum absolute atomic E-state index is 13.0. The summed E-state index contributed by atoms with van der Waals surface area (Å²) in [5, 5.41) is 7.66. The Morgan fingerprint density at radius 2 is 1.73 bits per heavy atom. The minimum Gasteiger partial charge on any atom is -0.324 e. The Morgan fingerprint density at radius 1 is 0.962 bits per heavy atom. The molecule has 0 saturated carbocycles. The zero-order valence-corrected chi connectivity index (χ0v) is 14.1. The number of aryl methyl sites for hydroxylation is 1. The Bertz CT molecular complexity index is 1030. The third-order valence-corrected chi connectivity index (χ3v) is 3.95. The minimum atomic E-state index is -0.283. The molecule has 0 aliphatic carbocycles. The lowest BCUT2D eigenvalue weighted by Gasteiger charge is -2.06. The Kier molecular flexibility index (Phi) is 4.15. The lowest BCUT2D eigenvalue weighted by molar-refractivity contribution is 0.628. The first kappa shape index (κ1) is 16.0. The van der Waals surface area contributed by atoms with E-state index in [4.69, 9.17) is 0 Å². The molecule has 4 aromatic rings. The van der Waals surface area contributed by atoms with Crippen molar-refractivity contribution in [1.82, 2.24) is 19.7 Å². The van der Waals surface area contributed by atoms with Crippen molar-refractivity contribution in [2.45, 2.75) is 6.92 Å². The van der Waals surface area contributed by atoms with Crippen LogP contribution in [-0.4, -0.2) is 19.7 Å². The fraction of sp³-hybridized carbons (Fsp3) is 0.0500. The molecule has 1 N–H and O–H groups in total. The van der Waals surface area contributed by atoms with Gasteiger partial charge in [0.2, 0.25) is 5.95 Å². The highest BCUT2D eigenvalue weighted by Crippen LogP contribution is 2.23. The first-order chi connectivity index (χ1) is 12.7. The standard InChI is InChI=1S/C20H16FN5/c1-14-18(13-26(25-14)17-5-3-2-4-6-17)19-11-12-22-20(24-19)23-16-9-7-15(21)8-10-16/h2-13H,1H3,(H,22,23,24).